The quantitative estimate of drug-likeness (QED) is 0.398. The van der Waals surface area contributed by atoms with Gasteiger partial charge in [-0.3, -0.25) is 24.4 Å². The van der Waals surface area contributed by atoms with Gasteiger partial charge < -0.3 is 15.4 Å². The first-order chi connectivity index (χ1) is 14.9. The van der Waals surface area contributed by atoms with Gasteiger partial charge in [-0.25, -0.2) is 0 Å². The highest BCUT2D eigenvalue weighted by molar-refractivity contribution is 5.90. The zero-order chi connectivity index (χ0) is 22.2. The molecule has 2 aromatic carbocycles. The number of amides is 2. The smallest absolute Gasteiger partial charge is 0.305 e. The third-order valence-electron chi connectivity index (χ3n) is 4.05. The second-order valence-electron chi connectivity index (χ2n) is 6.39. The first-order valence-electron chi connectivity index (χ1n) is 9.10. The molecule has 0 saturated carbocycles. The van der Waals surface area contributed by atoms with E-state index >= 15 is 0 Å². The molecule has 1 heterocycles. The molecule has 3 aromatic rings. The molecular formula is C20H18FN5O5. The minimum Gasteiger partial charge on any atom is -0.484 e. The summed E-state index contributed by atoms with van der Waals surface area (Å²) in [5, 5.41) is 20.0. The van der Waals surface area contributed by atoms with Gasteiger partial charge in [-0.05, 0) is 29.8 Å². The van der Waals surface area contributed by atoms with Crippen molar-refractivity contribution in [2.24, 2.45) is 0 Å². The van der Waals surface area contributed by atoms with Crippen LogP contribution >= 0.6 is 0 Å². The third kappa shape index (κ3) is 6.35. The van der Waals surface area contributed by atoms with Crippen molar-refractivity contribution in [2.75, 3.05) is 11.9 Å². The Bertz CT molecular complexity index is 1090. The van der Waals surface area contributed by atoms with Crippen molar-refractivity contribution in [3.05, 3.63) is 82.4 Å². The molecule has 0 fully saturated rings. The van der Waals surface area contributed by atoms with E-state index in [0.29, 0.717) is 5.69 Å². The van der Waals surface area contributed by atoms with Crippen LogP contribution in [0.3, 0.4) is 0 Å². The Morgan fingerprint density at radius 2 is 2.00 bits per heavy atom. The minimum absolute atomic E-state index is 0.000131. The first-order valence-corrected chi connectivity index (χ1v) is 9.10. The van der Waals surface area contributed by atoms with Crippen LogP contribution in [0, 0.1) is 15.9 Å². The molecule has 0 aliphatic carbocycles. The number of nitrogens with one attached hydrogen (secondary N) is 2. The van der Waals surface area contributed by atoms with Crippen LogP contribution in [0.2, 0.25) is 0 Å². The van der Waals surface area contributed by atoms with Crippen LogP contribution in [0.15, 0.2) is 60.9 Å². The number of carbonyl (C=O) groups is 2. The van der Waals surface area contributed by atoms with Crippen molar-refractivity contribution in [2.45, 2.75) is 13.1 Å². The summed E-state index contributed by atoms with van der Waals surface area (Å²) in [4.78, 5) is 33.8. The van der Waals surface area contributed by atoms with E-state index in [2.05, 4.69) is 15.7 Å². The number of hydrogen-bond acceptors (Lipinski definition) is 6. The molecule has 11 heteroatoms. The lowest BCUT2D eigenvalue weighted by Crippen LogP contribution is -2.28. The molecule has 31 heavy (non-hydrogen) atoms. The van der Waals surface area contributed by atoms with Gasteiger partial charge in [-0.1, -0.05) is 12.1 Å². The minimum atomic E-state index is -1.05. The summed E-state index contributed by atoms with van der Waals surface area (Å²) in [5.41, 5.74) is 0.640. The number of nitro groups is 1. The van der Waals surface area contributed by atoms with Gasteiger partial charge in [-0.2, -0.15) is 9.49 Å². The van der Waals surface area contributed by atoms with Gasteiger partial charge in [0.25, 0.3) is 5.91 Å². The van der Waals surface area contributed by atoms with Crippen molar-refractivity contribution in [1.29, 1.82) is 0 Å². The molecule has 0 spiro atoms. The van der Waals surface area contributed by atoms with E-state index in [1.807, 2.05) is 0 Å². The maximum Gasteiger partial charge on any atom is 0.305 e. The molecule has 0 aliphatic rings. The molecular weight excluding hydrogens is 409 g/mol. The zero-order valence-electron chi connectivity index (χ0n) is 16.2. The molecule has 2 amide bonds. The summed E-state index contributed by atoms with van der Waals surface area (Å²) in [5.74, 6) is -1.75. The second kappa shape index (κ2) is 9.96. The first kappa shape index (κ1) is 21.4. The fraction of sp³-hybridized carbons (Fsp3) is 0.150. The molecule has 3 rings (SSSR count). The summed E-state index contributed by atoms with van der Waals surface area (Å²) in [6.45, 7) is -0.133. The maximum absolute atomic E-state index is 13.6. The number of anilines is 1. The van der Waals surface area contributed by atoms with Crippen molar-refractivity contribution in [1.82, 2.24) is 15.1 Å². The number of ether oxygens (including phenoxy) is 1. The Morgan fingerprint density at radius 1 is 1.16 bits per heavy atom. The molecule has 10 nitrogen and oxygen atoms in total. The van der Waals surface area contributed by atoms with Crippen LogP contribution in [0.1, 0.15) is 5.56 Å². The number of rotatable bonds is 9. The highest BCUT2D eigenvalue weighted by Crippen LogP contribution is 2.22. The lowest BCUT2D eigenvalue weighted by atomic mass is 10.2. The fourth-order valence-electron chi connectivity index (χ4n) is 2.63. The number of halogens is 1. The summed E-state index contributed by atoms with van der Waals surface area (Å²) in [7, 11) is 0. The van der Waals surface area contributed by atoms with Gasteiger partial charge in [0.05, 0.1) is 4.92 Å². The van der Waals surface area contributed by atoms with Gasteiger partial charge >= 0.3 is 5.69 Å². The number of nitro benzene ring substituents is 1. The fourth-order valence-corrected chi connectivity index (χ4v) is 2.63. The highest BCUT2D eigenvalue weighted by Gasteiger charge is 2.14. The van der Waals surface area contributed by atoms with E-state index in [0.717, 1.165) is 17.7 Å². The van der Waals surface area contributed by atoms with Gasteiger partial charge in [-0.15, -0.1) is 0 Å². The monoisotopic (exact) mass is 427 g/mol. The van der Waals surface area contributed by atoms with Crippen LogP contribution in [0.4, 0.5) is 15.8 Å². The lowest BCUT2D eigenvalue weighted by Gasteiger charge is -2.10. The highest BCUT2D eigenvalue weighted by atomic mass is 19.1. The predicted octanol–water partition coefficient (Wildman–Crippen LogP) is 2.26. The van der Waals surface area contributed by atoms with E-state index < -0.39 is 28.9 Å². The van der Waals surface area contributed by atoms with Crippen LogP contribution in [-0.2, 0) is 22.7 Å². The average molecular weight is 427 g/mol. The molecule has 0 saturated heterocycles. The van der Waals surface area contributed by atoms with Gasteiger partial charge in [0.2, 0.25) is 11.7 Å². The predicted molar refractivity (Wildman–Crippen MR) is 108 cm³/mol. The number of nitrogens with zero attached hydrogens (tertiary/aromatic N) is 3. The zero-order valence-corrected chi connectivity index (χ0v) is 16.2. The third-order valence-corrected chi connectivity index (χ3v) is 4.05. The topological polar surface area (TPSA) is 128 Å². The number of carbonyl (C=O) groups excluding carboxylic acids is 2. The molecule has 1 aromatic heterocycles. The van der Waals surface area contributed by atoms with Gasteiger partial charge in [0.15, 0.2) is 6.61 Å². The van der Waals surface area contributed by atoms with Crippen molar-refractivity contribution in [3.8, 4) is 5.75 Å². The largest absolute Gasteiger partial charge is 0.484 e. The normalized spacial score (nSPS) is 10.4. The maximum atomic E-state index is 13.6. The number of benzene rings is 2. The molecule has 0 radical (unpaired) electrons. The van der Waals surface area contributed by atoms with E-state index in [9.17, 15) is 24.1 Å². The number of hydrogen-bond donors (Lipinski definition) is 2. The van der Waals surface area contributed by atoms with Crippen LogP contribution in [0.5, 0.6) is 5.75 Å². The van der Waals surface area contributed by atoms with Crippen molar-refractivity contribution < 1.29 is 23.6 Å². The molecule has 0 atom stereocenters. The Morgan fingerprint density at radius 3 is 2.71 bits per heavy atom. The second-order valence-corrected chi connectivity index (χ2v) is 6.39. The SMILES string of the molecule is O=C(COc1ccc([N+](=O)[O-])c(F)c1)NCc1cccc(NC(=O)Cn2cccn2)c1. The summed E-state index contributed by atoms with van der Waals surface area (Å²) < 4.78 is 20.2. The Balaban J connectivity index is 1.46. The average Bonchev–Trinajstić information content (AvgIpc) is 3.23. The Labute approximate surface area is 175 Å². The Kier molecular flexibility index (Phi) is 6.89. The lowest BCUT2D eigenvalue weighted by molar-refractivity contribution is -0.387. The van der Waals surface area contributed by atoms with Crippen LogP contribution in [-0.4, -0.2) is 33.1 Å². The number of aromatic nitrogens is 2. The van der Waals surface area contributed by atoms with E-state index in [-0.39, 0.29) is 24.7 Å². The van der Waals surface area contributed by atoms with Crippen molar-refractivity contribution >= 4 is 23.2 Å². The van der Waals surface area contributed by atoms with Gasteiger partial charge in [0, 0.05) is 36.8 Å². The summed E-state index contributed by atoms with van der Waals surface area (Å²) in [6, 6.07) is 11.7. The molecule has 160 valence electrons. The van der Waals surface area contributed by atoms with E-state index in [1.54, 1.807) is 42.7 Å². The summed E-state index contributed by atoms with van der Waals surface area (Å²) >= 11 is 0. The summed E-state index contributed by atoms with van der Waals surface area (Å²) in [6.07, 6.45) is 3.26. The standard InChI is InChI=1S/C20H18FN5O5/c21-17-10-16(5-6-18(17)26(29)30)31-13-20(28)22-11-14-3-1-4-15(9-14)24-19(27)12-25-8-2-7-23-25/h1-10H,11-13H2,(H,22,28)(H,24,27). The van der Waals surface area contributed by atoms with Gasteiger partial charge in [0.1, 0.15) is 12.3 Å². The van der Waals surface area contributed by atoms with Crippen LogP contribution in [0.25, 0.3) is 0 Å². The molecule has 0 unspecified atom stereocenters. The molecule has 0 aliphatic heterocycles. The van der Waals surface area contributed by atoms with E-state index in [1.165, 1.54) is 10.7 Å². The molecule has 2 N–H and O–H groups in total. The van der Waals surface area contributed by atoms with Crippen molar-refractivity contribution in [3.63, 3.8) is 0 Å². The molecule has 0 bridgehead atoms. The van der Waals surface area contributed by atoms with Crippen LogP contribution < -0.4 is 15.4 Å². The van der Waals surface area contributed by atoms with E-state index in [4.69, 9.17) is 4.74 Å². The Hall–Kier alpha value is -4.28.